The van der Waals surface area contributed by atoms with Crippen molar-refractivity contribution in [3.05, 3.63) is 115 Å². The molecule has 0 spiro atoms. The molecule has 162 valence electrons. The summed E-state index contributed by atoms with van der Waals surface area (Å²) < 4.78 is 45.2. The highest BCUT2D eigenvalue weighted by Gasteiger charge is 2.35. The van der Waals surface area contributed by atoms with Gasteiger partial charge in [-0.2, -0.15) is 4.39 Å². The van der Waals surface area contributed by atoms with Crippen molar-refractivity contribution >= 4 is 16.9 Å². The van der Waals surface area contributed by atoms with Gasteiger partial charge in [-0.25, -0.2) is 8.78 Å². The average Bonchev–Trinajstić information content (AvgIpc) is 2.79. The number of rotatable bonds is 4. The van der Waals surface area contributed by atoms with Crippen molar-refractivity contribution < 1.29 is 23.1 Å². The molecule has 0 heterocycles. The van der Waals surface area contributed by atoms with Gasteiger partial charge in [0.1, 0.15) is 16.7 Å². The first-order valence-electron chi connectivity index (χ1n) is 9.65. The molecule has 6 heteroatoms. The molecule has 0 aliphatic carbocycles. The molecule has 0 aliphatic rings. The number of carboxylic acid groups (broad SMARTS) is 1. The van der Waals surface area contributed by atoms with Crippen LogP contribution < -0.4 is 5.11 Å². The molecule has 0 saturated heterocycles. The van der Waals surface area contributed by atoms with Crippen molar-refractivity contribution in [1.29, 1.82) is 0 Å². The first-order chi connectivity index (χ1) is 15.4. The van der Waals surface area contributed by atoms with E-state index in [9.17, 15) is 8.78 Å². The Morgan fingerprint density at radius 2 is 1.12 bits per heavy atom. The van der Waals surface area contributed by atoms with Gasteiger partial charge in [-0.3, -0.25) is 0 Å². The maximum Gasteiger partial charge on any atom is 0.215 e. The summed E-state index contributed by atoms with van der Waals surface area (Å²) in [5.41, 5.74) is -0.0335. The summed E-state index contributed by atoms with van der Waals surface area (Å²) in [6.45, 7) is 0.972. The molecule has 0 N–H and O–H groups in total. The maximum atomic E-state index is 15.2. The van der Waals surface area contributed by atoms with Crippen LogP contribution in [-0.4, -0.2) is 5.97 Å². The van der Waals surface area contributed by atoms with Gasteiger partial charge < -0.3 is 9.90 Å². The fourth-order valence-electron chi connectivity index (χ4n) is 3.09. The highest BCUT2D eigenvalue weighted by Crippen LogP contribution is 2.37. The van der Waals surface area contributed by atoms with Crippen LogP contribution in [0.3, 0.4) is 0 Å². The summed E-state index contributed by atoms with van der Waals surface area (Å²) in [6.07, 6.45) is 0. The van der Waals surface area contributed by atoms with Gasteiger partial charge in [-0.05, 0) is 36.8 Å². The van der Waals surface area contributed by atoms with Gasteiger partial charge in [0.05, 0.1) is 5.56 Å². The molecule has 0 aromatic heterocycles. The van der Waals surface area contributed by atoms with Crippen LogP contribution >= 0.6 is 0 Å². The smallest absolute Gasteiger partial charge is 0.215 e. The summed E-state index contributed by atoms with van der Waals surface area (Å²) in [6, 6.07) is 27.7. The number of halogens is 3. The number of hydrogen-bond acceptors (Lipinski definition) is 2. The predicted molar refractivity (Wildman–Crippen MR) is 117 cm³/mol. The molecular formula is C26H19F3O2S. The fraction of sp³-hybridized carbons (Fsp3) is 0.0385. The van der Waals surface area contributed by atoms with Gasteiger partial charge in [0.15, 0.2) is 15.6 Å². The summed E-state index contributed by atoms with van der Waals surface area (Å²) in [7, 11) is -0.966. The van der Waals surface area contributed by atoms with E-state index in [4.69, 9.17) is 9.90 Å². The molecule has 4 rings (SSSR count). The zero-order valence-corrected chi connectivity index (χ0v) is 17.9. The Labute approximate surface area is 187 Å². The van der Waals surface area contributed by atoms with Gasteiger partial charge in [-0.1, -0.05) is 66.7 Å². The Morgan fingerprint density at radius 3 is 1.56 bits per heavy atom. The zero-order valence-electron chi connectivity index (χ0n) is 17.1. The van der Waals surface area contributed by atoms with Crippen LogP contribution in [0.2, 0.25) is 0 Å². The third-order valence-corrected chi connectivity index (χ3v) is 6.59. The monoisotopic (exact) mass is 452 g/mol. The summed E-state index contributed by atoms with van der Waals surface area (Å²) >= 11 is 0. The summed E-state index contributed by atoms with van der Waals surface area (Å²) in [5, 5.41) is 8.89. The van der Waals surface area contributed by atoms with Crippen molar-refractivity contribution in [2.45, 2.75) is 21.6 Å². The van der Waals surface area contributed by atoms with Gasteiger partial charge in [0.25, 0.3) is 0 Å². The second-order valence-corrected chi connectivity index (χ2v) is 8.64. The highest BCUT2D eigenvalue weighted by molar-refractivity contribution is 7.97. The number of aliphatic carboxylic acids is 1. The van der Waals surface area contributed by atoms with Crippen molar-refractivity contribution in [3.63, 3.8) is 0 Å². The highest BCUT2D eigenvalue weighted by atomic mass is 32.2. The van der Waals surface area contributed by atoms with Gasteiger partial charge in [0.2, 0.25) is 10.7 Å². The van der Waals surface area contributed by atoms with E-state index in [0.717, 1.165) is 22.8 Å². The molecule has 4 aromatic carbocycles. The Hall–Kier alpha value is -3.51. The molecule has 0 fully saturated rings. The van der Waals surface area contributed by atoms with E-state index in [-0.39, 0.29) is 10.5 Å². The van der Waals surface area contributed by atoms with Gasteiger partial charge in [-0.15, -0.1) is 0 Å². The lowest BCUT2D eigenvalue weighted by Crippen LogP contribution is -2.16. The van der Waals surface area contributed by atoms with E-state index in [1.807, 2.05) is 60.7 Å². The maximum absolute atomic E-state index is 15.2. The Morgan fingerprint density at radius 1 is 0.719 bits per heavy atom. The Bertz CT molecular complexity index is 1140. The molecule has 0 saturated carbocycles. The van der Waals surface area contributed by atoms with Crippen molar-refractivity contribution in [1.82, 2.24) is 0 Å². The van der Waals surface area contributed by atoms with Crippen LogP contribution in [0.5, 0.6) is 0 Å². The standard InChI is InChI=1S/C24H16F3S.C2H4O2/c25-20-16-21(23(26)24(27)22(20)17-10-4-1-5-11-17)28(18-12-6-2-7-13-18)19-14-8-3-9-15-19;1-2(3)4/h1-16H;1H3,(H,3,4)/q+1;/p-1. The van der Waals surface area contributed by atoms with Crippen LogP contribution in [0.15, 0.2) is 112 Å². The summed E-state index contributed by atoms with van der Waals surface area (Å²) in [4.78, 5) is 10.5. The molecule has 0 atom stereocenters. The van der Waals surface area contributed by atoms with E-state index in [1.54, 1.807) is 30.3 Å². The quantitative estimate of drug-likeness (QED) is 0.298. The van der Waals surface area contributed by atoms with Crippen LogP contribution in [0, 0.1) is 17.5 Å². The minimum Gasteiger partial charge on any atom is -0.550 e. The molecule has 2 nitrogen and oxygen atoms in total. The number of benzene rings is 4. The molecular weight excluding hydrogens is 433 g/mol. The second-order valence-electron chi connectivity index (χ2n) is 6.65. The predicted octanol–water partition coefficient (Wildman–Crippen LogP) is 5.62. The minimum atomic E-state index is -1.16. The first kappa shape index (κ1) is 23.2. The normalized spacial score (nSPS) is 10.4. The molecule has 0 aliphatic heterocycles. The third kappa shape index (κ3) is 5.39. The van der Waals surface area contributed by atoms with Crippen molar-refractivity contribution in [3.8, 4) is 11.1 Å². The van der Waals surface area contributed by atoms with E-state index in [2.05, 4.69) is 0 Å². The van der Waals surface area contributed by atoms with Gasteiger partial charge >= 0.3 is 0 Å². The SMILES string of the molecule is CC(=O)[O-].Fc1cc([S+](c2ccccc2)c2ccccc2)c(F)c(F)c1-c1ccccc1. The lowest BCUT2D eigenvalue weighted by atomic mass is 10.0. The molecule has 4 aromatic rings. The van der Waals surface area contributed by atoms with E-state index in [1.165, 1.54) is 0 Å². The van der Waals surface area contributed by atoms with Crippen LogP contribution in [0.25, 0.3) is 11.1 Å². The fourth-order valence-corrected chi connectivity index (χ4v) is 5.22. The van der Waals surface area contributed by atoms with Crippen LogP contribution in [-0.2, 0) is 15.7 Å². The van der Waals surface area contributed by atoms with E-state index < -0.39 is 34.3 Å². The van der Waals surface area contributed by atoms with E-state index in [0.29, 0.717) is 5.56 Å². The molecule has 0 bridgehead atoms. The van der Waals surface area contributed by atoms with Crippen molar-refractivity contribution in [2.24, 2.45) is 0 Å². The van der Waals surface area contributed by atoms with Crippen LogP contribution in [0.4, 0.5) is 13.2 Å². The number of hydrogen-bond donors (Lipinski definition) is 0. The lowest BCUT2D eigenvalue weighted by Gasteiger charge is -2.12. The van der Waals surface area contributed by atoms with Gasteiger partial charge in [0, 0.05) is 12.0 Å². The summed E-state index contributed by atoms with van der Waals surface area (Å²) in [5.74, 6) is -4.04. The lowest BCUT2D eigenvalue weighted by molar-refractivity contribution is -0.302. The number of carboxylic acids is 1. The van der Waals surface area contributed by atoms with E-state index >= 15 is 4.39 Å². The Balaban J connectivity index is 0.000000668. The van der Waals surface area contributed by atoms with Crippen LogP contribution in [0.1, 0.15) is 6.92 Å². The number of carbonyl (C=O) groups is 1. The Kier molecular flexibility index (Phi) is 7.73. The molecule has 0 radical (unpaired) electrons. The molecule has 0 amide bonds. The second kappa shape index (κ2) is 10.7. The number of carbonyl (C=O) groups excluding carboxylic acids is 1. The van der Waals surface area contributed by atoms with Crippen molar-refractivity contribution in [2.75, 3.05) is 0 Å². The molecule has 0 unspecified atom stereocenters. The topological polar surface area (TPSA) is 40.1 Å². The average molecular weight is 452 g/mol. The minimum absolute atomic E-state index is 0.00656. The molecule has 32 heavy (non-hydrogen) atoms. The zero-order chi connectivity index (χ0) is 23.1. The largest absolute Gasteiger partial charge is 0.550 e. The third-order valence-electron chi connectivity index (χ3n) is 4.37. The first-order valence-corrected chi connectivity index (χ1v) is 10.9.